The molecular formula is C14H19N3O. The molecule has 2 aromatic rings. The van der Waals surface area contributed by atoms with Crippen LogP contribution in [-0.4, -0.2) is 23.4 Å². The summed E-state index contributed by atoms with van der Waals surface area (Å²) in [6.07, 6.45) is 0. The third-order valence-corrected chi connectivity index (χ3v) is 2.91. The van der Waals surface area contributed by atoms with Gasteiger partial charge in [0.05, 0.1) is 12.3 Å². The summed E-state index contributed by atoms with van der Waals surface area (Å²) in [7, 11) is 3.82. The second kappa shape index (κ2) is 5.12. The normalized spacial score (nSPS) is 10.4. The standard InChI is InChI=1S/C14H19N3O/c1-5-18-13-7-6-11(8-10(13)2)12-9-14(15-3)16-17(12)4/h6-9H,5H2,1-4H3,(H,15,16). The molecule has 0 saturated carbocycles. The highest BCUT2D eigenvalue weighted by Crippen LogP contribution is 2.27. The maximum Gasteiger partial charge on any atom is 0.148 e. The highest BCUT2D eigenvalue weighted by atomic mass is 16.5. The van der Waals surface area contributed by atoms with Crippen LogP contribution in [0.15, 0.2) is 24.3 Å². The Labute approximate surface area is 108 Å². The van der Waals surface area contributed by atoms with Crippen LogP contribution in [0.5, 0.6) is 5.75 Å². The minimum absolute atomic E-state index is 0.690. The van der Waals surface area contributed by atoms with Gasteiger partial charge < -0.3 is 10.1 Å². The van der Waals surface area contributed by atoms with Crippen molar-refractivity contribution in [2.45, 2.75) is 13.8 Å². The largest absolute Gasteiger partial charge is 0.494 e. The van der Waals surface area contributed by atoms with Crippen molar-refractivity contribution in [1.82, 2.24) is 9.78 Å². The van der Waals surface area contributed by atoms with Crippen LogP contribution in [0.4, 0.5) is 5.82 Å². The van der Waals surface area contributed by atoms with Crippen LogP contribution in [0.1, 0.15) is 12.5 Å². The highest BCUT2D eigenvalue weighted by Gasteiger charge is 2.08. The Morgan fingerprint density at radius 3 is 2.67 bits per heavy atom. The van der Waals surface area contributed by atoms with Gasteiger partial charge in [-0.25, -0.2) is 0 Å². The molecule has 1 N–H and O–H groups in total. The zero-order valence-electron chi connectivity index (χ0n) is 11.3. The lowest BCUT2D eigenvalue weighted by Crippen LogP contribution is -1.97. The van der Waals surface area contributed by atoms with E-state index in [2.05, 4.69) is 29.5 Å². The molecule has 4 nitrogen and oxygen atoms in total. The van der Waals surface area contributed by atoms with Crippen molar-refractivity contribution in [1.29, 1.82) is 0 Å². The third kappa shape index (κ3) is 2.32. The summed E-state index contributed by atoms with van der Waals surface area (Å²) in [5.74, 6) is 1.82. The molecule has 1 aromatic heterocycles. The lowest BCUT2D eigenvalue weighted by molar-refractivity contribution is 0.338. The molecule has 2 rings (SSSR count). The number of hydrogen-bond donors (Lipinski definition) is 1. The number of aromatic nitrogens is 2. The number of nitrogens with zero attached hydrogens (tertiary/aromatic N) is 2. The second-order valence-electron chi connectivity index (χ2n) is 4.20. The molecule has 0 aliphatic rings. The fourth-order valence-electron chi connectivity index (χ4n) is 1.99. The molecule has 0 bridgehead atoms. The Morgan fingerprint density at radius 2 is 2.11 bits per heavy atom. The number of benzene rings is 1. The molecule has 1 heterocycles. The van der Waals surface area contributed by atoms with Gasteiger partial charge in [0.25, 0.3) is 0 Å². The van der Waals surface area contributed by atoms with E-state index in [0.29, 0.717) is 6.61 Å². The minimum Gasteiger partial charge on any atom is -0.494 e. The Kier molecular flexibility index (Phi) is 3.55. The Morgan fingerprint density at radius 1 is 1.33 bits per heavy atom. The molecule has 1 aromatic carbocycles. The summed E-state index contributed by atoms with van der Waals surface area (Å²) < 4.78 is 7.43. The molecule has 0 fully saturated rings. The Hall–Kier alpha value is -1.97. The van der Waals surface area contributed by atoms with Gasteiger partial charge in [0.15, 0.2) is 0 Å². The smallest absolute Gasteiger partial charge is 0.148 e. The first-order valence-electron chi connectivity index (χ1n) is 6.11. The molecule has 4 heteroatoms. The quantitative estimate of drug-likeness (QED) is 0.900. The average Bonchev–Trinajstić information content (AvgIpc) is 2.73. The lowest BCUT2D eigenvalue weighted by atomic mass is 10.1. The molecule has 96 valence electrons. The van der Waals surface area contributed by atoms with Gasteiger partial charge in [0, 0.05) is 25.7 Å². The van der Waals surface area contributed by atoms with Gasteiger partial charge in [-0.15, -0.1) is 0 Å². The van der Waals surface area contributed by atoms with Gasteiger partial charge in [-0.3, -0.25) is 4.68 Å². The van der Waals surface area contributed by atoms with Crippen LogP contribution < -0.4 is 10.1 Å². The zero-order valence-corrected chi connectivity index (χ0v) is 11.3. The van der Waals surface area contributed by atoms with Crippen molar-refractivity contribution in [2.75, 3.05) is 19.0 Å². The van der Waals surface area contributed by atoms with Crippen LogP contribution >= 0.6 is 0 Å². The van der Waals surface area contributed by atoms with Gasteiger partial charge in [-0.1, -0.05) is 0 Å². The molecule has 0 radical (unpaired) electrons. The fraction of sp³-hybridized carbons (Fsp3) is 0.357. The summed E-state index contributed by atoms with van der Waals surface area (Å²) in [6, 6.07) is 8.24. The second-order valence-corrected chi connectivity index (χ2v) is 4.20. The number of anilines is 1. The highest BCUT2D eigenvalue weighted by molar-refractivity contribution is 5.65. The first-order valence-corrected chi connectivity index (χ1v) is 6.11. The van der Waals surface area contributed by atoms with Crippen LogP contribution in [-0.2, 0) is 7.05 Å². The predicted molar refractivity (Wildman–Crippen MR) is 74.1 cm³/mol. The van der Waals surface area contributed by atoms with E-state index in [1.807, 2.05) is 37.8 Å². The molecule has 0 atom stereocenters. The molecule has 0 unspecified atom stereocenters. The van der Waals surface area contributed by atoms with E-state index in [-0.39, 0.29) is 0 Å². The maximum absolute atomic E-state index is 5.55. The van der Waals surface area contributed by atoms with E-state index in [1.165, 1.54) is 0 Å². The van der Waals surface area contributed by atoms with Gasteiger partial charge in [0.1, 0.15) is 11.6 Å². The number of rotatable bonds is 4. The molecule has 0 spiro atoms. The first-order chi connectivity index (χ1) is 8.65. The van der Waals surface area contributed by atoms with Gasteiger partial charge in [0.2, 0.25) is 0 Å². The van der Waals surface area contributed by atoms with Crippen LogP contribution in [0.3, 0.4) is 0 Å². The summed E-state index contributed by atoms with van der Waals surface area (Å²) in [6.45, 7) is 4.74. The van der Waals surface area contributed by atoms with Crippen LogP contribution in [0, 0.1) is 6.92 Å². The predicted octanol–water partition coefficient (Wildman–Crippen LogP) is 2.84. The maximum atomic E-state index is 5.55. The third-order valence-electron chi connectivity index (χ3n) is 2.91. The summed E-state index contributed by atoms with van der Waals surface area (Å²) in [4.78, 5) is 0. The van der Waals surface area contributed by atoms with E-state index >= 15 is 0 Å². The monoisotopic (exact) mass is 245 g/mol. The number of aryl methyl sites for hydroxylation is 2. The molecule has 18 heavy (non-hydrogen) atoms. The van der Waals surface area contributed by atoms with Crippen molar-refractivity contribution in [3.8, 4) is 17.0 Å². The van der Waals surface area contributed by atoms with Crippen molar-refractivity contribution in [2.24, 2.45) is 7.05 Å². The Balaban J connectivity index is 2.38. The molecule has 0 amide bonds. The number of nitrogens with one attached hydrogen (secondary N) is 1. The summed E-state index contributed by atoms with van der Waals surface area (Å²) in [5.41, 5.74) is 3.37. The van der Waals surface area contributed by atoms with E-state index in [4.69, 9.17) is 4.74 Å². The first kappa shape index (κ1) is 12.5. The van der Waals surface area contributed by atoms with Crippen molar-refractivity contribution >= 4 is 5.82 Å². The zero-order chi connectivity index (χ0) is 13.1. The van der Waals surface area contributed by atoms with Gasteiger partial charge in [-0.05, 0) is 37.6 Å². The SMILES string of the molecule is CCOc1ccc(-c2cc(NC)nn2C)cc1C. The van der Waals surface area contributed by atoms with Crippen LogP contribution in [0.25, 0.3) is 11.3 Å². The van der Waals surface area contributed by atoms with Crippen molar-refractivity contribution < 1.29 is 4.74 Å². The van der Waals surface area contributed by atoms with Gasteiger partial charge >= 0.3 is 0 Å². The number of hydrogen-bond acceptors (Lipinski definition) is 3. The molecular weight excluding hydrogens is 226 g/mol. The van der Waals surface area contributed by atoms with E-state index in [9.17, 15) is 0 Å². The Bertz CT molecular complexity index is 546. The molecule has 0 aliphatic carbocycles. The topological polar surface area (TPSA) is 39.1 Å². The van der Waals surface area contributed by atoms with Crippen molar-refractivity contribution in [3.05, 3.63) is 29.8 Å². The van der Waals surface area contributed by atoms with Crippen molar-refractivity contribution in [3.63, 3.8) is 0 Å². The number of ether oxygens (including phenoxy) is 1. The van der Waals surface area contributed by atoms with Crippen LogP contribution in [0.2, 0.25) is 0 Å². The molecule has 0 saturated heterocycles. The molecule has 0 aliphatic heterocycles. The summed E-state index contributed by atoms with van der Waals surface area (Å²) >= 11 is 0. The average molecular weight is 245 g/mol. The van der Waals surface area contributed by atoms with E-state index in [1.54, 1.807) is 0 Å². The van der Waals surface area contributed by atoms with Gasteiger partial charge in [-0.2, -0.15) is 5.10 Å². The van der Waals surface area contributed by atoms with E-state index in [0.717, 1.165) is 28.4 Å². The fourth-order valence-corrected chi connectivity index (χ4v) is 1.99. The summed E-state index contributed by atoms with van der Waals surface area (Å²) in [5, 5.41) is 7.42. The lowest BCUT2D eigenvalue weighted by Gasteiger charge is -2.09. The minimum atomic E-state index is 0.690. The van der Waals surface area contributed by atoms with E-state index < -0.39 is 0 Å².